The maximum atomic E-state index is 11.1. The molecular formula is C24H23N3O. The molecule has 3 N–H and O–H groups in total. The Morgan fingerprint density at radius 2 is 1.43 bits per heavy atom. The van der Waals surface area contributed by atoms with Crippen LogP contribution in [0.4, 0.5) is 0 Å². The number of para-hydroxylation sites is 1. The molecule has 140 valence electrons. The largest absolute Gasteiger partial charge is 0.360 e. The van der Waals surface area contributed by atoms with Gasteiger partial charge >= 0.3 is 0 Å². The van der Waals surface area contributed by atoms with Crippen molar-refractivity contribution in [1.82, 2.24) is 4.98 Å². The van der Waals surface area contributed by atoms with Gasteiger partial charge in [-0.1, -0.05) is 72.8 Å². The number of carbonyl (C=O) groups excluding carboxylic acids is 1. The number of benzene rings is 3. The van der Waals surface area contributed by atoms with Crippen LogP contribution in [0.2, 0.25) is 0 Å². The van der Waals surface area contributed by atoms with E-state index in [1.54, 1.807) is 13.1 Å². The number of Topliss-reactive ketones (excluding diaryl/α,β-unsaturated/α-hetero) is 1. The fourth-order valence-corrected chi connectivity index (χ4v) is 2.97. The van der Waals surface area contributed by atoms with Crippen molar-refractivity contribution in [2.75, 3.05) is 0 Å². The SMILES string of the molecule is CC(=NN)c1ccc(-c2ccccc2)cc1.CC(=O)c1c[nH]c2ccccc12. The van der Waals surface area contributed by atoms with Crippen molar-refractivity contribution in [1.29, 1.82) is 0 Å². The van der Waals surface area contributed by atoms with Crippen LogP contribution in [0, 0.1) is 0 Å². The van der Waals surface area contributed by atoms with E-state index in [9.17, 15) is 4.79 Å². The normalized spacial score (nSPS) is 11.0. The Bertz CT molecular complexity index is 1090. The minimum absolute atomic E-state index is 0.104. The Morgan fingerprint density at radius 1 is 0.821 bits per heavy atom. The summed E-state index contributed by atoms with van der Waals surface area (Å²) in [7, 11) is 0. The Kier molecular flexibility index (Phi) is 6.02. The molecule has 4 heteroatoms. The number of nitrogens with one attached hydrogen (secondary N) is 1. The van der Waals surface area contributed by atoms with Crippen LogP contribution in [-0.2, 0) is 0 Å². The van der Waals surface area contributed by atoms with Gasteiger partial charge in [-0.25, -0.2) is 0 Å². The summed E-state index contributed by atoms with van der Waals surface area (Å²) in [4.78, 5) is 14.1. The predicted molar refractivity (Wildman–Crippen MR) is 117 cm³/mol. The molecule has 0 spiro atoms. The lowest BCUT2D eigenvalue weighted by atomic mass is 10.0. The van der Waals surface area contributed by atoms with Gasteiger partial charge in [0.25, 0.3) is 0 Å². The zero-order chi connectivity index (χ0) is 19.9. The summed E-state index contributed by atoms with van der Waals surface area (Å²) in [6.07, 6.45) is 1.76. The number of hydrazone groups is 1. The van der Waals surface area contributed by atoms with E-state index in [0.717, 1.165) is 27.7 Å². The molecule has 0 fully saturated rings. The number of carbonyl (C=O) groups is 1. The highest BCUT2D eigenvalue weighted by molar-refractivity contribution is 6.06. The summed E-state index contributed by atoms with van der Waals surface area (Å²) in [5, 5.41) is 4.68. The Morgan fingerprint density at radius 3 is 2.07 bits per heavy atom. The van der Waals surface area contributed by atoms with Crippen LogP contribution in [0.5, 0.6) is 0 Å². The van der Waals surface area contributed by atoms with Crippen molar-refractivity contribution in [2.45, 2.75) is 13.8 Å². The summed E-state index contributed by atoms with van der Waals surface area (Å²) in [5.74, 6) is 5.35. The fraction of sp³-hybridized carbons (Fsp3) is 0.0833. The van der Waals surface area contributed by atoms with Gasteiger partial charge in [-0.05, 0) is 36.6 Å². The average Bonchev–Trinajstić information content (AvgIpc) is 3.19. The molecule has 1 aromatic heterocycles. The molecule has 4 nitrogen and oxygen atoms in total. The van der Waals surface area contributed by atoms with E-state index in [-0.39, 0.29) is 5.78 Å². The maximum Gasteiger partial charge on any atom is 0.161 e. The lowest BCUT2D eigenvalue weighted by Crippen LogP contribution is -1.98. The first-order chi connectivity index (χ1) is 13.6. The zero-order valence-corrected chi connectivity index (χ0v) is 16.0. The van der Waals surface area contributed by atoms with E-state index in [4.69, 9.17) is 5.84 Å². The molecule has 4 rings (SSSR count). The van der Waals surface area contributed by atoms with Gasteiger partial charge in [-0.2, -0.15) is 5.10 Å². The lowest BCUT2D eigenvalue weighted by Gasteiger charge is -2.03. The molecule has 3 aromatic carbocycles. The van der Waals surface area contributed by atoms with Crippen LogP contribution in [0.15, 0.2) is 90.2 Å². The van der Waals surface area contributed by atoms with Gasteiger partial charge in [0.2, 0.25) is 0 Å². The Balaban J connectivity index is 0.000000167. The van der Waals surface area contributed by atoms with Crippen molar-refractivity contribution in [3.8, 4) is 11.1 Å². The predicted octanol–water partition coefficient (Wildman–Crippen LogP) is 5.41. The van der Waals surface area contributed by atoms with Crippen molar-refractivity contribution in [3.05, 3.63) is 96.2 Å². The molecule has 28 heavy (non-hydrogen) atoms. The van der Waals surface area contributed by atoms with Crippen molar-refractivity contribution in [3.63, 3.8) is 0 Å². The van der Waals surface area contributed by atoms with Crippen LogP contribution >= 0.6 is 0 Å². The number of rotatable bonds is 3. The molecule has 0 aliphatic heterocycles. The van der Waals surface area contributed by atoms with Crippen LogP contribution in [0.25, 0.3) is 22.0 Å². The third kappa shape index (κ3) is 4.35. The minimum atomic E-state index is 0.104. The van der Waals surface area contributed by atoms with Crippen LogP contribution < -0.4 is 5.84 Å². The van der Waals surface area contributed by atoms with Gasteiger partial charge in [0.1, 0.15) is 0 Å². The topological polar surface area (TPSA) is 71.2 Å². The molecule has 0 radical (unpaired) electrons. The van der Waals surface area contributed by atoms with Crippen molar-refractivity contribution < 1.29 is 4.79 Å². The molecule has 0 bridgehead atoms. The quantitative estimate of drug-likeness (QED) is 0.219. The van der Waals surface area contributed by atoms with Crippen LogP contribution in [0.1, 0.15) is 29.8 Å². The first-order valence-electron chi connectivity index (χ1n) is 9.07. The lowest BCUT2D eigenvalue weighted by molar-refractivity contribution is 0.101. The second-order valence-corrected chi connectivity index (χ2v) is 6.46. The number of fused-ring (bicyclic) bond motifs is 1. The molecule has 0 amide bonds. The second kappa shape index (κ2) is 8.82. The minimum Gasteiger partial charge on any atom is -0.360 e. The van der Waals surface area contributed by atoms with Gasteiger partial charge in [0, 0.05) is 22.7 Å². The van der Waals surface area contributed by atoms with Gasteiger partial charge in [-0.3, -0.25) is 4.79 Å². The standard InChI is InChI=1S/C14H14N2.C10H9NO/c1-11(16-15)12-7-9-14(10-8-12)13-5-3-2-4-6-13;1-7(12)9-6-11-10-5-3-2-4-8(9)10/h2-10H,15H2,1H3;2-6,11H,1H3. The number of hydrogen-bond donors (Lipinski definition) is 2. The average molecular weight is 369 g/mol. The van der Waals surface area contributed by atoms with Crippen LogP contribution in [-0.4, -0.2) is 16.5 Å². The fourth-order valence-electron chi connectivity index (χ4n) is 2.97. The van der Waals surface area contributed by atoms with E-state index in [2.05, 4.69) is 34.4 Å². The smallest absolute Gasteiger partial charge is 0.161 e. The molecule has 0 aliphatic carbocycles. The van der Waals surface area contributed by atoms with Gasteiger partial charge in [-0.15, -0.1) is 0 Å². The number of ketones is 1. The van der Waals surface area contributed by atoms with E-state index < -0.39 is 0 Å². The van der Waals surface area contributed by atoms with Gasteiger partial charge < -0.3 is 10.8 Å². The highest BCUT2D eigenvalue weighted by Gasteiger charge is 2.05. The summed E-state index contributed by atoms with van der Waals surface area (Å²) < 4.78 is 0. The van der Waals surface area contributed by atoms with Crippen molar-refractivity contribution in [2.24, 2.45) is 10.9 Å². The molecule has 0 saturated carbocycles. The number of aromatic nitrogens is 1. The molecular weight excluding hydrogens is 346 g/mol. The van der Waals surface area contributed by atoms with Crippen molar-refractivity contribution >= 4 is 22.4 Å². The van der Waals surface area contributed by atoms with Gasteiger partial charge in [0.05, 0.1) is 5.71 Å². The van der Waals surface area contributed by atoms with Gasteiger partial charge in [0.15, 0.2) is 5.78 Å². The molecule has 0 unspecified atom stereocenters. The summed E-state index contributed by atoms with van der Waals surface area (Å²) >= 11 is 0. The van der Waals surface area contributed by atoms with E-state index in [1.165, 1.54) is 11.1 Å². The summed E-state index contributed by atoms with van der Waals surface area (Å²) in [6, 6.07) is 26.3. The van der Waals surface area contributed by atoms with E-state index >= 15 is 0 Å². The number of nitrogens with two attached hydrogens (primary N) is 1. The zero-order valence-electron chi connectivity index (χ0n) is 16.0. The second-order valence-electron chi connectivity index (χ2n) is 6.46. The van der Waals surface area contributed by atoms with E-state index in [0.29, 0.717) is 0 Å². The first-order valence-corrected chi connectivity index (χ1v) is 9.07. The maximum absolute atomic E-state index is 11.1. The Hall–Kier alpha value is -3.66. The molecule has 0 aliphatic rings. The Labute approximate surface area is 164 Å². The number of H-pyrrole nitrogens is 1. The molecule has 0 saturated heterocycles. The summed E-state index contributed by atoms with van der Waals surface area (Å²) in [6.45, 7) is 3.48. The third-order valence-corrected chi connectivity index (χ3v) is 4.57. The molecule has 1 heterocycles. The number of aromatic amines is 1. The number of hydrogen-bond acceptors (Lipinski definition) is 3. The first kappa shape index (κ1) is 19.1. The highest BCUT2D eigenvalue weighted by Crippen LogP contribution is 2.19. The van der Waals surface area contributed by atoms with Crippen LogP contribution in [0.3, 0.4) is 0 Å². The third-order valence-electron chi connectivity index (χ3n) is 4.57. The molecule has 4 aromatic rings. The number of nitrogens with zero attached hydrogens (tertiary/aromatic N) is 1. The summed E-state index contributed by atoms with van der Waals surface area (Å²) in [5.41, 5.74) is 6.11. The highest BCUT2D eigenvalue weighted by atomic mass is 16.1. The van der Waals surface area contributed by atoms with E-state index in [1.807, 2.05) is 61.5 Å². The molecule has 0 atom stereocenters. The monoisotopic (exact) mass is 369 g/mol.